The summed E-state index contributed by atoms with van der Waals surface area (Å²) in [6.07, 6.45) is 0.0113. The number of carbonyl (C=O) groups excluding carboxylic acids is 3. The second-order valence-corrected chi connectivity index (χ2v) is 11.4. The van der Waals surface area contributed by atoms with Gasteiger partial charge in [0, 0.05) is 23.1 Å². The number of hydrogen-bond donors (Lipinski definition) is 1. The Kier molecular flexibility index (Phi) is 8.43. The van der Waals surface area contributed by atoms with Gasteiger partial charge in [0.2, 0.25) is 5.91 Å². The number of halogens is 2. The first-order chi connectivity index (χ1) is 18.0. The molecule has 3 aromatic carbocycles. The number of anilines is 2. The van der Waals surface area contributed by atoms with E-state index in [-0.39, 0.29) is 24.3 Å². The van der Waals surface area contributed by atoms with E-state index in [2.05, 4.69) is 42.0 Å². The molecule has 0 aromatic heterocycles. The van der Waals surface area contributed by atoms with Crippen LogP contribution < -0.4 is 15.0 Å². The second-order valence-electron chi connectivity index (χ2n) is 10.1. The highest BCUT2D eigenvalue weighted by Crippen LogP contribution is 2.31. The fourth-order valence-corrected chi connectivity index (χ4v) is 4.72. The van der Waals surface area contributed by atoms with Crippen molar-refractivity contribution >= 4 is 56.7 Å². The molecule has 3 aromatic rings. The predicted octanol–water partition coefficient (Wildman–Crippen LogP) is 6.73. The number of ether oxygens (including phenoxy) is 2. The maximum absolute atomic E-state index is 12.6. The normalized spacial score (nSPS) is 15.3. The fraction of sp³-hybridized carbons (Fsp3) is 0.276. The molecule has 9 heteroatoms. The first-order valence-electron chi connectivity index (χ1n) is 12.1. The Bertz CT molecular complexity index is 1340. The highest BCUT2D eigenvalue weighted by molar-refractivity contribution is 9.10. The molecule has 0 spiro atoms. The molecule has 1 heterocycles. The lowest BCUT2D eigenvalue weighted by molar-refractivity contribution is -0.151. The van der Waals surface area contributed by atoms with Crippen LogP contribution in [0.3, 0.4) is 0 Å². The van der Waals surface area contributed by atoms with Crippen molar-refractivity contribution in [1.82, 2.24) is 0 Å². The van der Waals surface area contributed by atoms with Gasteiger partial charge in [0.05, 0.1) is 16.6 Å². The Morgan fingerprint density at radius 1 is 1.03 bits per heavy atom. The summed E-state index contributed by atoms with van der Waals surface area (Å²) >= 11 is 9.39. The number of nitrogens with zero attached hydrogens (tertiary/aromatic N) is 1. The summed E-state index contributed by atoms with van der Waals surface area (Å²) in [7, 11) is 0. The fourth-order valence-electron chi connectivity index (χ4n) is 4.00. The van der Waals surface area contributed by atoms with Crippen molar-refractivity contribution in [2.75, 3.05) is 23.4 Å². The van der Waals surface area contributed by atoms with Crippen LogP contribution in [-0.4, -0.2) is 30.9 Å². The summed E-state index contributed by atoms with van der Waals surface area (Å²) in [6, 6.07) is 20.1. The molecule has 0 aliphatic carbocycles. The van der Waals surface area contributed by atoms with E-state index >= 15 is 0 Å². The van der Waals surface area contributed by atoms with Crippen molar-refractivity contribution in [1.29, 1.82) is 0 Å². The van der Waals surface area contributed by atoms with Crippen LogP contribution in [0.15, 0.2) is 71.2 Å². The van der Waals surface area contributed by atoms with Crippen LogP contribution in [0.5, 0.6) is 11.5 Å². The lowest BCUT2D eigenvalue weighted by Gasteiger charge is -2.19. The average molecular weight is 600 g/mol. The van der Waals surface area contributed by atoms with Gasteiger partial charge in [-0.15, -0.1) is 0 Å². The molecule has 0 radical (unpaired) electrons. The molecule has 1 N–H and O–H groups in total. The molecule has 1 aliphatic rings. The van der Waals surface area contributed by atoms with E-state index in [1.54, 1.807) is 42.5 Å². The standard InChI is InChI=1S/C29H28BrClN2O5/c1-29(2,3)19-4-9-22(10-5-19)38-23-11-7-21(8-12-23)33-16-18(14-27(33)35)28(36)37-17-26(34)32-25-13-6-20(30)15-24(25)31/h4-13,15,18H,14,16-17H2,1-3H3,(H,32,34)/t18-/m0/s1. The molecule has 1 saturated heterocycles. The molecule has 7 nitrogen and oxygen atoms in total. The summed E-state index contributed by atoms with van der Waals surface area (Å²) < 4.78 is 11.9. The monoisotopic (exact) mass is 598 g/mol. The van der Waals surface area contributed by atoms with Gasteiger partial charge < -0.3 is 19.7 Å². The second kappa shape index (κ2) is 11.6. The number of nitrogens with one attached hydrogen (secondary N) is 1. The van der Waals surface area contributed by atoms with Crippen molar-refractivity contribution in [3.63, 3.8) is 0 Å². The van der Waals surface area contributed by atoms with Crippen molar-refractivity contribution < 1.29 is 23.9 Å². The van der Waals surface area contributed by atoms with E-state index in [0.717, 1.165) is 10.2 Å². The van der Waals surface area contributed by atoms with Crippen LogP contribution in [0.25, 0.3) is 0 Å². The van der Waals surface area contributed by atoms with Gasteiger partial charge in [0.25, 0.3) is 5.91 Å². The minimum atomic E-state index is -0.663. The van der Waals surface area contributed by atoms with Gasteiger partial charge in [-0.1, -0.05) is 60.4 Å². The molecule has 1 fully saturated rings. The lowest BCUT2D eigenvalue weighted by Crippen LogP contribution is -2.28. The topological polar surface area (TPSA) is 84.9 Å². The zero-order valence-corrected chi connectivity index (χ0v) is 23.6. The summed E-state index contributed by atoms with van der Waals surface area (Å²) in [5, 5.41) is 2.95. The van der Waals surface area contributed by atoms with Crippen LogP contribution in [-0.2, 0) is 24.5 Å². The highest BCUT2D eigenvalue weighted by atomic mass is 79.9. The smallest absolute Gasteiger partial charge is 0.311 e. The molecular weight excluding hydrogens is 572 g/mol. The van der Waals surface area contributed by atoms with E-state index in [9.17, 15) is 14.4 Å². The number of esters is 1. The van der Waals surface area contributed by atoms with Gasteiger partial charge in [-0.05, 0) is 65.6 Å². The van der Waals surface area contributed by atoms with E-state index in [1.807, 2.05) is 24.3 Å². The molecule has 1 atom stereocenters. The molecule has 38 heavy (non-hydrogen) atoms. The van der Waals surface area contributed by atoms with Crippen LogP contribution in [0.4, 0.5) is 11.4 Å². The van der Waals surface area contributed by atoms with E-state index in [1.165, 1.54) is 10.5 Å². The van der Waals surface area contributed by atoms with Gasteiger partial charge in [0.1, 0.15) is 11.5 Å². The van der Waals surface area contributed by atoms with Crippen LogP contribution >= 0.6 is 27.5 Å². The molecule has 0 bridgehead atoms. The molecule has 1 aliphatic heterocycles. The zero-order valence-electron chi connectivity index (χ0n) is 21.3. The van der Waals surface area contributed by atoms with Crippen molar-refractivity contribution in [3.8, 4) is 11.5 Å². The Balaban J connectivity index is 1.29. The molecular formula is C29H28BrClN2O5. The third-order valence-electron chi connectivity index (χ3n) is 6.11. The summed E-state index contributed by atoms with van der Waals surface area (Å²) in [5.41, 5.74) is 2.35. The molecule has 198 valence electrons. The molecule has 2 amide bonds. The van der Waals surface area contributed by atoms with Gasteiger partial charge in [0.15, 0.2) is 6.61 Å². The zero-order chi connectivity index (χ0) is 27.4. The van der Waals surface area contributed by atoms with Gasteiger partial charge >= 0.3 is 5.97 Å². The maximum Gasteiger partial charge on any atom is 0.311 e. The summed E-state index contributed by atoms with van der Waals surface area (Å²) in [4.78, 5) is 38.9. The Morgan fingerprint density at radius 2 is 1.66 bits per heavy atom. The minimum Gasteiger partial charge on any atom is -0.457 e. The molecule has 4 rings (SSSR count). The van der Waals surface area contributed by atoms with Gasteiger partial charge in [-0.25, -0.2) is 0 Å². The van der Waals surface area contributed by atoms with Crippen molar-refractivity contribution in [3.05, 3.63) is 81.8 Å². The van der Waals surface area contributed by atoms with E-state index in [4.69, 9.17) is 21.1 Å². The number of amides is 2. The summed E-state index contributed by atoms with van der Waals surface area (Å²) in [5.74, 6) is -0.619. The highest BCUT2D eigenvalue weighted by Gasteiger charge is 2.36. The maximum atomic E-state index is 12.6. The number of carbonyl (C=O) groups is 3. The van der Waals surface area contributed by atoms with Crippen LogP contribution in [0.1, 0.15) is 32.8 Å². The Labute approximate surface area is 235 Å². The van der Waals surface area contributed by atoms with Crippen LogP contribution in [0, 0.1) is 5.92 Å². The Morgan fingerprint density at radius 3 is 2.26 bits per heavy atom. The SMILES string of the molecule is CC(C)(C)c1ccc(Oc2ccc(N3C[C@@H](C(=O)OCC(=O)Nc4ccc(Br)cc4Cl)CC3=O)cc2)cc1. The largest absolute Gasteiger partial charge is 0.457 e. The first-order valence-corrected chi connectivity index (χ1v) is 13.3. The lowest BCUT2D eigenvalue weighted by atomic mass is 9.87. The molecule has 0 saturated carbocycles. The summed E-state index contributed by atoms with van der Waals surface area (Å²) in [6.45, 7) is 6.17. The van der Waals surface area contributed by atoms with Crippen molar-refractivity contribution in [2.45, 2.75) is 32.6 Å². The predicted molar refractivity (Wildman–Crippen MR) is 151 cm³/mol. The quantitative estimate of drug-likeness (QED) is 0.305. The molecule has 0 unspecified atom stereocenters. The number of rotatable bonds is 7. The number of hydrogen-bond acceptors (Lipinski definition) is 5. The van der Waals surface area contributed by atoms with Crippen LogP contribution in [0.2, 0.25) is 5.02 Å². The van der Waals surface area contributed by atoms with Gasteiger partial charge in [-0.2, -0.15) is 0 Å². The third kappa shape index (κ3) is 6.94. The minimum absolute atomic E-state index is 0.0113. The van der Waals surface area contributed by atoms with Crippen molar-refractivity contribution in [2.24, 2.45) is 5.92 Å². The average Bonchev–Trinajstić information content (AvgIpc) is 3.26. The third-order valence-corrected chi connectivity index (χ3v) is 6.92. The van der Waals surface area contributed by atoms with Gasteiger partial charge in [-0.3, -0.25) is 14.4 Å². The first kappa shape index (κ1) is 27.7. The Hall–Kier alpha value is -3.36. The van der Waals surface area contributed by atoms with E-state index in [0.29, 0.717) is 22.1 Å². The van der Waals surface area contributed by atoms with E-state index < -0.39 is 24.4 Å². The number of benzene rings is 3.